The topological polar surface area (TPSA) is 481 Å². The van der Waals surface area contributed by atoms with E-state index < -0.39 is 197 Å². The number of hydrogen-bond donors (Lipinski definition) is 18. The molecule has 63 heavy (non-hydrogen) atoms. The van der Waals surface area contributed by atoms with Crippen LogP contribution in [0.3, 0.4) is 0 Å². The largest absolute Gasteiger partial charge is 0.477 e. The Labute approximate surface area is 355 Å². The van der Waals surface area contributed by atoms with E-state index in [0.29, 0.717) is 0 Å². The maximum absolute atomic E-state index is 12.7. The Bertz CT molecular complexity index is 1570. The molecule has 4 heterocycles. The van der Waals surface area contributed by atoms with E-state index in [1.54, 1.807) is 0 Å². The highest BCUT2D eigenvalue weighted by molar-refractivity contribution is 5.77. The van der Waals surface area contributed by atoms with Crippen molar-refractivity contribution in [1.82, 2.24) is 10.6 Å². The monoisotopic (exact) mass is 924 g/mol. The minimum Gasteiger partial charge on any atom is -0.477 e. The van der Waals surface area contributed by atoms with Gasteiger partial charge in [-0.1, -0.05) is 0 Å². The molecule has 0 aromatic carbocycles. The van der Waals surface area contributed by atoms with Crippen LogP contribution in [-0.4, -0.2) is 266 Å². The molecule has 18 N–H and O–H groups in total. The summed E-state index contributed by atoms with van der Waals surface area (Å²) in [6, 6.07) is -3.30. The Kier molecular flexibility index (Phi) is 18.0. The van der Waals surface area contributed by atoms with Gasteiger partial charge in [0.2, 0.25) is 11.8 Å². The van der Waals surface area contributed by atoms with Crippen molar-refractivity contribution in [3.63, 3.8) is 0 Å². The molecular weight excluding hydrogens is 868 g/mol. The summed E-state index contributed by atoms with van der Waals surface area (Å²) in [6.07, 6.45) is -39.1. The zero-order valence-corrected chi connectivity index (χ0v) is 33.4. The Hall–Kier alpha value is -2.96. The quantitative estimate of drug-likeness (QED) is 0.0607. The van der Waals surface area contributed by atoms with Crippen molar-refractivity contribution >= 4 is 23.8 Å². The average Bonchev–Trinajstić information content (AvgIpc) is 3.22. The second kappa shape index (κ2) is 21.6. The molecule has 0 aromatic heterocycles. The molecule has 4 aliphatic heterocycles. The molecule has 4 saturated heterocycles. The maximum Gasteiger partial charge on any atom is 0.364 e. The van der Waals surface area contributed by atoms with Gasteiger partial charge >= 0.3 is 11.9 Å². The lowest BCUT2D eigenvalue weighted by Crippen LogP contribution is -2.69. The van der Waals surface area contributed by atoms with Gasteiger partial charge in [0.05, 0.1) is 50.7 Å². The van der Waals surface area contributed by atoms with Gasteiger partial charge in [0.25, 0.3) is 11.6 Å². The normalized spacial score (nSPS) is 42.9. The van der Waals surface area contributed by atoms with Crippen LogP contribution >= 0.6 is 0 Å². The fraction of sp³-hybridized carbons (Fsp3) is 0.882. The van der Waals surface area contributed by atoms with Crippen LogP contribution in [0.15, 0.2) is 0 Å². The van der Waals surface area contributed by atoms with Crippen LogP contribution in [0.5, 0.6) is 0 Å². The zero-order valence-electron chi connectivity index (χ0n) is 33.4. The van der Waals surface area contributed by atoms with Crippen molar-refractivity contribution in [2.24, 2.45) is 0 Å². The van der Waals surface area contributed by atoms with Crippen LogP contribution in [0, 0.1) is 0 Å². The van der Waals surface area contributed by atoms with Crippen LogP contribution < -0.4 is 10.6 Å². The molecule has 364 valence electrons. The fourth-order valence-corrected chi connectivity index (χ4v) is 7.51. The van der Waals surface area contributed by atoms with Crippen molar-refractivity contribution in [2.75, 3.05) is 26.4 Å². The second-order valence-electron chi connectivity index (χ2n) is 15.5. The standard InChI is InChI=1S/C34H56N2O27/c1-9(39)35-17-11(41)3-33(31(53)54,62-27(17)19(44)13(43)5-37)58-8-16-21(46)24(49)26(51)30(61-16)60-14(6-38)22(47)28-18(36-10(2)40)12(42)4-34(63-28,32(55)56)57-7-15-20(45)23(48)25(50)29(52)59-15/h11-30,37-38,41-52H,3-8H2,1-2H3,(H,35,39)(H,36,40)(H,53,54)(H,55,56)/t11-,12-,13+,14+,15+,16+,17+,18+,19+,20+,21+,22+,23-,24-,25+,26+,27+,28+,29?,30+,33+,34+/m0/s1. The highest BCUT2D eigenvalue weighted by Gasteiger charge is 2.59. The lowest BCUT2D eigenvalue weighted by atomic mass is 9.88. The van der Waals surface area contributed by atoms with Crippen molar-refractivity contribution in [3.8, 4) is 0 Å². The molecule has 0 aliphatic carbocycles. The molecule has 29 heteroatoms. The van der Waals surface area contributed by atoms with Crippen LogP contribution in [0.2, 0.25) is 0 Å². The molecule has 4 rings (SSSR count). The summed E-state index contributed by atoms with van der Waals surface area (Å²) in [5.41, 5.74) is 0. The van der Waals surface area contributed by atoms with Gasteiger partial charge in [-0.2, -0.15) is 0 Å². The average molecular weight is 925 g/mol. The van der Waals surface area contributed by atoms with Crippen LogP contribution in [0.4, 0.5) is 0 Å². The summed E-state index contributed by atoms with van der Waals surface area (Å²) in [5.74, 6) is -11.6. The maximum atomic E-state index is 12.7. The predicted octanol–water partition coefficient (Wildman–Crippen LogP) is -11.0. The third-order valence-electron chi connectivity index (χ3n) is 11.0. The van der Waals surface area contributed by atoms with Gasteiger partial charge < -0.3 is 125 Å². The Morgan fingerprint density at radius 2 is 1.05 bits per heavy atom. The SMILES string of the molecule is CC(=O)N[C@H]1[C@H]([C@H](O)[C@H](O)CO)O[C@@](OC[C@H]2O[C@@H](O[C@H](CO)[C@@H](O)[C@@H]3O[C@@](OC[C@H]4OC(O)[C@H](O)[C@@H](O)[C@@H]4O)(C(=O)O)C[C@H](O)[C@H]3NC(C)=O)[C@H](O)[C@@H](O)[C@@H]2O)(C(=O)O)C[C@@H]1O. The van der Waals surface area contributed by atoms with E-state index >= 15 is 0 Å². The van der Waals surface area contributed by atoms with Gasteiger partial charge in [-0.05, 0) is 0 Å². The lowest BCUT2D eigenvalue weighted by molar-refractivity contribution is -0.354. The first kappa shape index (κ1) is 52.7. The number of carboxylic acid groups (broad SMARTS) is 2. The van der Waals surface area contributed by atoms with Gasteiger partial charge in [-0.3, -0.25) is 9.59 Å². The number of aliphatic hydroxyl groups is 14. The molecule has 2 amide bonds. The summed E-state index contributed by atoms with van der Waals surface area (Å²) in [4.78, 5) is 49.3. The first-order chi connectivity index (χ1) is 29.3. The minimum absolute atomic E-state index is 0.784. The second-order valence-corrected chi connectivity index (χ2v) is 15.5. The van der Waals surface area contributed by atoms with Gasteiger partial charge in [-0.25, -0.2) is 9.59 Å². The minimum atomic E-state index is -3.00. The number of rotatable bonds is 18. The van der Waals surface area contributed by atoms with E-state index in [2.05, 4.69) is 10.6 Å². The summed E-state index contributed by atoms with van der Waals surface area (Å²) < 4.78 is 38.1. The number of hydrogen-bond acceptors (Lipinski definition) is 25. The van der Waals surface area contributed by atoms with E-state index in [1.807, 2.05) is 0 Å². The lowest BCUT2D eigenvalue weighted by Gasteiger charge is -2.48. The van der Waals surface area contributed by atoms with E-state index in [1.165, 1.54) is 0 Å². The number of carbonyl (C=O) groups is 4. The summed E-state index contributed by atoms with van der Waals surface area (Å²) >= 11 is 0. The van der Waals surface area contributed by atoms with E-state index in [4.69, 9.17) is 33.2 Å². The highest BCUT2D eigenvalue weighted by Crippen LogP contribution is 2.37. The van der Waals surface area contributed by atoms with Crippen molar-refractivity contribution in [2.45, 2.75) is 161 Å². The van der Waals surface area contributed by atoms with Gasteiger partial charge in [-0.15, -0.1) is 0 Å². The van der Waals surface area contributed by atoms with E-state index in [9.17, 15) is 101 Å². The summed E-state index contributed by atoms with van der Waals surface area (Å²) in [7, 11) is 0. The molecular formula is C34H56N2O27. The molecule has 0 aromatic rings. The predicted molar refractivity (Wildman–Crippen MR) is 191 cm³/mol. The van der Waals surface area contributed by atoms with Crippen molar-refractivity contribution in [3.05, 3.63) is 0 Å². The van der Waals surface area contributed by atoms with E-state index in [0.717, 1.165) is 13.8 Å². The molecule has 4 fully saturated rings. The first-order valence-corrected chi connectivity index (χ1v) is 19.3. The molecule has 0 radical (unpaired) electrons. The molecule has 0 spiro atoms. The Morgan fingerprint density at radius 1 is 0.619 bits per heavy atom. The number of aliphatic hydroxyl groups excluding tert-OH is 14. The smallest absolute Gasteiger partial charge is 0.364 e. The van der Waals surface area contributed by atoms with Crippen molar-refractivity contribution < 1.29 is 134 Å². The van der Waals surface area contributed by atoms with Gasteiger partial charge in [0, 0.05) is 26.7 Å². The third-order valence-corrected chi connectivity index (χ3v) is 11.0. The number of carboxylic acids is 2. The number of carbonyl (C=O) groups excluding carboxylic acids is 2. The number of amides is 2. The zero-order chi connectivity index (χ0) is 47.5. The van der Waals surface area contributed by atoms with Crippen LogP contribution in [0.1, 0.15) is 26.7 Å². The van der Waals surface area contributed by atoms with Crippen LogP contribution in [0.25, 0.3) is 0 Å². The summed E-state index contributed by atoms with van der Waals surface area (Å²) in [6.45, 7) is -2.53. The highest BCUT2D eigenvalue weighted by atomic mass is 16.8. The number of ether oxygens (including phenoxy) is 7. The molecule has 4 aliphatic rings. The Morgan fingerprint density at radius 3 is 1.46 bits per heavy atom. The molecule has 0 saturated carbocycles. The van der Waals surface area contributed by atoms with Gasteiger partial charge in [0.1, 0.15) is 85.5 Å². The van der Waals surface area contributed by atoms with Crippen molar-refractivity contribution in [1.29, 1.82) is 0 Å². The summed E-state index contributed by atoms with van der Waals surface area (Å²) in [5, 5.41) is 171. The third kappa shape index (κ3) is 11.5. The molecule has 0 bridgehead atoms. The van der Waals surface area contributed by atoms with Gasteiger partial charge in [0.15, 0.2) is 12.6 Å². The fourth-order valence-electron chi connectivity index (χ4n) is 7.51. The Balaban J connectivity index is 1.57. The number of aliphatic carboxylic acids is 2. The van der Waals surface area contributed by atoms with E-state index in [-0.39, 0.29) is 0 Å². The molecule has 22 atom stereocenters. The number of nitrogens with one attached hydrogen (secondary N) is 2. The molecule has 1 unspecified atom stereocenters. The molecule has 29 nitrogen and oxygen atoms in total. The first-order valence-electron chi connectivity index (χ1n) is 19.3. The van der Waals surface area contributed by atoms with Crippen LogP contribution in [-0.2, 0) is 52.3 Å².